The van der Waals surface area contributed by atoms with Crippen LogP contribution in [0.1, 0.15) is 49.1 Å². The Morgan fingerprint density at radius 2 is 1.92 bits per heavy atom. The minimum absolute atomic E-state index is 0.176. The molecule has 1 heterocycles. The van der Waals surface area contributed by atoms with E-state index in [4.69, 9.17) is 0 Å². The fraction of sp³-hybridized carbons (Fsp3) is 0.550. The van der Waals surface area contributed by atoms with Gasteiger partial charge >= 0.3 is 0 Å². The number of aromatic nitrogens is 3. The number of thioether (sulfide) groups is 1. The van der Waals surface area contributed by atoms with Crippen LogP contribution in [0.3, 0.4) is 0 Å². The second-order valence-electron chi connectivity index (χ2n) is 7.24. The fourth-order valence-electron chi connectivity index (χ4n) is 3.57. The number of hydrogen-bond acceptors (Lipinski definition) is 4. The van der Waals surface area contributed by atoms with E-state index >= 15 is 0 Å². The van der Waals surface area contributed by atoms with Gasteiger partial charge in [-0.2, -0.15) is 0 Å². The van der Waals surface area contributed by atoms with Gasteiger partial charge in [-0.15, -0.1) is 10.2 Å². The Labute approximate surface area is 160 Å². The molecule has 0 saturated heterocycles. The molecule has 3 rings (SSSR count). The maximum atomic E-state index is 12.6. The predicted octanol–water partition coefficient (Wildman–Crippen LogP) is 4.08. The van der Waals surface area contributed by atoms with Gasteiger partial charge in [0.05, 0.1) is 11.4 Å². The molecule has 1 fully saturated rings. The first-order valence-corrected chi connectivity index (χ1v) is 10.3. The van der Waals surface area contributed by atoms with Crippen LogP contribution >= 0.6 is 11.8 Å². The van der Waals surface area contributed by atoms with Crippen molar-refractivity contribution in [2.75, 3.05) is 12.8 Å². The number of rotatable bonds is 5. The first kappa shape index (κ1) is 19.0. The van der Waals surface area contributed by atoms with Gasteiger partial charge in [0.1, 0.15) is 5.82 Å². The molecule has 2 aromatic rings. The number of hydrogen-bond donors (Lipinski definition) is 0. The lowest BCUT2D eigenvalue weighted by atomic mass is 9.94. The maximum absolute atomic E-state index is 12.6. The molecule has 26 heavy (non-hydrogen) atoms. The van der Waals surface area contributed by atoms with Gasteiger partial charge in [-0.05, 0) is 50.8 Å². The first-order valence-electron chi connectivity index (χ1n) is 9.35. The van der Waals surface area contributed by atoms with Crippen LogP contribution < -0.4 is 0 Å². The van der Waals surface area contributed by atoms with Gasteiger partial charge in [-0.1, -0.05) is 43.2 Å². The molecule has 0 bridgehead atoms. The van der Waals surface area contributed by atoms with Crippen LogP contribution in [0, 0.1) is 20.8 Å². The molecule has 0 atom stereocenters. The minimum Gasteiger partial charge on any atom is -0.342 e. The van der Waals surface area contributed by atoms with Crippen LogP contribution in [-0.4, -0.2) is 44.4 Å². The normalized spacial score (nSPS) is 15.2. The van der Waals surface area contributed by atoms with E-state index in [9.17, 15) is 4.79 Å². The second-order valence-corrected chi connectivity index (χ2v) is 8.18. The highest BCUT2D eigenvalue weighted by atomic mass is 32.2. The summed E-state index contributed by atoms with van der Waals surface area (Å²) < 4.78 is 2.06. The van der Waals surface area contributed by atoms with Crippen molar-refractivity contribution in [1.29, 1.82) is 0 Å². The summed E-state index contributed by atoms with van der Waals surface area (Å²) >= 11 is 1.48. The smallest absolute Gasteiger partial charge is 0.233 e. The zero-order chi connectivity index (χ0) is 18.7. The summed E-state index contributed by atoms with van der Waals surface area (Å²) in [7, 11) is 1.94. The Balaban J connectivity index is 1.73. The Kier molecular flexibility index (Phi) is 6.01. The Morgan fingerprint density at radius 3 is 2.65 bits per heavy atom. The number of benzene rings is 1. The van der Waals surface area contributed by atoms with E-state index in [0.29, 0.717) is 11.8 Å². The van der Waals surface area contributed by atoms with E-state index < -0.39 is 0 Å². The summed E-state index contributed by atoms with van der Waals surface area (Å²) in [4.78, 5) is 14.6. The summed E-state index contributed by atoms with van der Waals surface area (Å²) in [5.41, 5.74) is 3.46. The van der Waals surface area contributed by atoms with Crippen molar-refractivity contribution in [3.05, 3.63) is 35.2 Å². The van der Waals surface area contributed by atoms with Crippen molar-refractivity contribution >= 4 is 17.7 Å². The van der Waals surface area contributed by atoms with Gasteiger partial charge < -0.3 is 4.90 Å². The predicted molar refractivity (Wildman–Crippen MR) is 106 cm³/mol. The zero-order valence-electron chi connectivity index (χ0n) is 16.2. The average molecular weight is 373 g/mol. The summed E-state index contributed by atoms with van der Waals surface area (Å²) in [5, 5.41) is 9.33. The van der Waals surface area contributed by atoms with Crippen molar-refractivity contribution in [2.45, 2.75) is 64.1 Å². The van der Waals surface area contributed by atoms with Gasteiger partial charge in [-0.25, -0.2) is 0 Å². The maximum Gasteiger partial charge on any atom is 0.233 e. The lowest BCUT2D eigenvalue weighted by Crippen LogP contribution is -2.39. The summed E-state index contributed by atoms with van der Waals surface area (Å²) in [6, 6.07) is 6.76. The average Bonchev–Trinajstić information content (AvgIpc) is 3.02. The topological polar surface area (TPSA) is 51.0 Å². The molecule has 6 heteroatoms. The lowest BCUT2D eigenvalue weighted by Gasteiger charge is -2.31. The first-order chi connectivity index (χ1) is 12.5. The molecular formula is C20H28N4OS. The quantitative estimate of drug-likeness (QED) is 0.742. The van der Waals surface area contributed by atoms with Crippen molar-refractivity contribution in [2.24, 2.45) is 0 Å². The molecule has 0 radical (unpaired) electrons. The summed E-state index contributed by atoms with van der Waals surface area (Å²) in [6.07, 6.45) is 6.02. The number of carbonyl (C=O) groups is 1. The number of carbonyl (C=O) groups excluding carboxylic acids is 1. The van der Waals surface area contributed by atoms with Crippen molar-refractivity contribution in [1.82, 2.24) is 19.7 Å². The van der Waals surface area contributed by atoms with Crippen LogP contribution in [0.4, 0.5) is 0 Å². The van der Waals surface area contributed by atoms with Crippen LogP contribution in [0.25, 0.3) is 5.69 Å². The lowest BCUT2D eigenvalue weighted by molar-refractivity contribution is -0.129. The number of aryl methyl sites for hydroxylation is 3. The molecule has 5 nitrogen and oxygen atoms in total. The van der Waals surface area contributed by atoms with Crippen LogP contribution in [0.5, 0.6) is 0 Å². The van der Waals surface area contributed by atoms with E-state index in [0.717, 1.165) is 29.5 Å². The van der Waals surface area contributed by atoms with Crippen LogP contribution in [0.2, 0.25) is 0 Å². The van der Waals surface area contributed by atoms with Gasteiger partial charge in [0.15, 0.2) is 5.16 Å². The molecule has 0 unspecified atom stereocenters. The SMILES string of the molecule is Cc1ccc(C)c(-n2c(C)nnc2SCC(=O)N(C)C2CCCCC2)c1. The van der Waals surface area contributed by atoms with E-state index in [1.54, 1.807) is 0 Å². The molecule has 1 aromatic carbocycles. The van der Waals surface area contributed by atoms with Gasteiger partial charge in [-0.3, -0.25) is 9.36 Å². The highest BCUT2D eigenvalue weighted by molar-refractivity contribution is 7.99. The highest BCUT2D eigenvalue weighted by Gasteiger charge is 2.23. The highest BCUT2D eigenvalue weighted by Crippen LogP contribution is 2.26. The molecule has 1 amide bonds. The van der Waals surface area contributed by atoms with E-state index in [1.807, 2.05) is 18.9 Å². The Bertz CT molecular complexity index is 780. The Morgan fingerprint density at radius 1 is 1.19 bits per heavy atom. The van der Waals surface area contributed by atoms with Crippen LogP contribution in [0.15, 0.2) is 23.4 Å². The standard InChI is InChI=1S/C20H28N4OS/c1-14-10-11-15(2)18(12-14)24-16(3)21-22-20(24)26-13-19(25)23(4)17-8-6-5-7-9-17/h10-12,17H,5-9,13H2,1-4H3. The third kappa shape index (κ3) is 4.11. The third-order valence-corrected chi connectivity index (χ3v) is 6.15. The summed E-state index contributed by atoms with van der Waals surface area (Å²) in [6.45, 7) is 6.12. The fourth-order valence-corrected chi connectivity index (χ4v) is 4.49. The van der Waals surface area contributed by atoms with Gasteiger partial charge in [0.25, 0.3) is 0 Å². The molecule has 0 N–H and O–H groups in total. The molecule has 140 valence electrons. The Hall–Kier alpha value is -1.82. The second kappa shape index (κ2) is 8.25. The monoisotopic (exact) mass is 372 g/mol. The van der Waals surface area contributed by atoms with Crippen LogP contribution in [-0.2, 0) is 4.79 Å². The molecule has 1 aliphatic rings. The largest absolute Gasteiger partial charge is 0.342 e. The van der Waals surface area contributed by atoms with Crippen molar-refractivity contribution in [3.63, 3.8) is 0 Å². The third-order valence-electron chi connectivity index (χ3n) is 5.24. The molecule has 1 aromatic heterocycles. The molecule has 1 aliphatic carbocycles. The molecule has 0 aliphatic heterocycles. The minimum atomic E-state index is 0.176. The van der Waals surface area contributed by atoms with Gasteiger partial charge in [0, 0.05) is 13.1 Å². The zero-order valence-corrected chi connectivity index (χ0v) is 17.0. The van der Waals surface area contributed by atoms with E-state index in [-0.39, 0.29) is 5.91 Å². The number of nitrogens with zero attached hydrogens (tertiary/aromatic N) is 4. The van der Waals surface area contributed by atoms with E-state index in [1.165, 1.54) is 42.2 Å². The molecule has 1 saturated carbocycles. The molecular weight excluding hydrogens is 344 g/mol. The van der Waals surface area contributed by atoms with E-state index in [2.05, 4.69) is 46.8 Å². The van der Waals surface area contributed by atoms with Crippen molar-refractivity contribution < 1.29 is 4.79 Å². The van der Waals surface area contributed by atoms with Gasteiger partial charge in [0.2, 0.25) is 5.91 Å². The number of amides is 1. The molecule has 0 spiro atoms. The summed E-state index contributed by atoms with van der Waals surface area (Å²) in [5.74, 6) is 1.42. The van der Waals surface area contributed by atoms with Crippen molar-refractivity contribution in [3.8, 4) is 5.69 Å².